The van der Waals surface area contributed by atoms with Crippen molar-refractivity contribution in [2.45, 2.75) is 24.8 Å². The molecule has 2 unspecified atom stereocenters. The number of ether oxygens (including phenoxy) is 1. The maximum absolute atomic E-state index is 13.3. The number of carbonyl (C=O) groups excluding carboxylic acids is 2. The monoisotopic (exact) mass is 409 g/mol. The maximum Gasteiger partial charge on any atom is 0.230 e. The minimum Gasteiger partial charge on any atom is -0.360 e. The van der Waals surface area contributed by atoms with Gasteiger partial charge in [-0.2, -0.15) is 0 Å². The summed E-state index contributed by atoms with van der Waals surface area (Å²) in [6.07, 6.45) is 5.19. The van der Waals surface area contributed by atoms with Crippen molar-refractivity contribution >= 4 is 23.4 Å². The molecule has 1 aromatic heterocycles. The van der Waals surface area contributed by atoms with Gasteiger partial charge in [-0.3, -0.25) is 14.6 Å². The molecule has 7 heteroatoms. The Morgan fingerprint density at radius 2 is 2.10 bits per heavy atom. The summed E-state index contributed by atoms with van der Waals surface area (Å²) in [5, 5.41) is 3.55. The lowest BCUT2D eigenvalue weighted by Crippen LogP contribution is -2.44. The average Bonchev–Trinajstić information content (AvgIpc) is 3.37. The fraction of sp³-hybridized carbons (Fsp3) is 0.318. The predicted octanol–water partition coefficient (Wildman–Crippen LogP) is 2.33. The molecule has 4 atom stereocenters. The number of hydrogen-bond donors (Lipinski definition) is 1. The Hall–Kier alpha value is -2.70. The van der Waals surface area contributed by atoms with Crippen LogP contribution >= 0.6 is 11.6 Å². The molecule has 5 rings (SSSR count). The minimum absolute atomic E-state index is 0.0604. The van der Waals surface area contributed by atoms with Crippen LogP contribution in [-0.4, -0.2) is 39.9 Å². The number of rotatable bonds is 5. The molecule has 2 bridgehead atoms. The summed E-state index contributed by atoms with van der Waals surface area (Å²) in [5.74, 6) is -1.28. The van der Waals surface area contributed by atoms with Gasteiger partial charge in [0.1, 0.15) is 5.60 Å². The summed E-state index contributed by atoms with van der Waals surface area (Å²) >= 11 is 6.27. The van der Waals surface area contributed by atoms with E-state index in [1.54, 1.807) is 11.1 Å². The van der Waals surface area contributed by atoms with Gasteiger partial charge in [-0.25, -0.2) is 0 Å². The Balaban J connectivity index is 1.34. The van der Waals surface area contributed by atoms with Crippen LogP contribution in [0.1, 0.15) is 11.3 Å². The molecule has 3 aliphatic rings. The van der Waals surface area contributed by atoms with Crippen LogP contribution in [0.2, 0.25) is 5.02 Å². The number of nitrogens with one attached hydrogen (secondary N) is 1. The standard InChI is InChI=1S/C22H20ClN3O3/c23-16-7-2-1-5-14(16)12-26-13-22-9-8-17(29-22)18(19(22)21(26)28)20(27)25-11-15-6-3-4-10-24-15/h1-10,17-19H,11-13H2,(H,25,27)/t17-,18?,19-,22?/m0/s1. The number of halogens is 1. The molecular formula is C22H20ClN3O3. The first-order valence-corrected chi connectivity index (χ1v) is 10.0. The number of amides is 2. The second-order valence-corrected chi connectivity index (χ2v) is 8.13. The highest BCUT2D eigenvalue weighted by Gasteiger charge is 2.66. The molecule has 2 amide bonds. The normalized spacial score (nSPS) is 29.3. The molecule has 29 heavy (non-hydrogen) atoms. The van der Waals surface area contributed by atoms with E-state index in [2.05, 4.69) is 10.3 Å². The van der Waals surface area contributed by atoms with E-state index in [0.717, 1.165) is 11.3 Å². The topological polar surface area (TPSA) is 71.5 Å². The molecule has 0 radical (unpaired) electrons. The Kier molecular flexibility index (Phi) is 4.41. The lowest BCUT2D eigenvalue weighted by Gasteiger charge is -2.23. The van der Waals surface area contributed by atoms with Gasteiger partial charge in [0, 0.05) is 17.8 Å². The third-order valence-electron chi connectivity index (χ3n) is 5.97. The first kappa shape index (κ1) is 18.3. The third-order valence-corrected chi connectivity index (χ3v) is 6.34. The van der Waals surface area contributed by atoms with E-state index in [-0.39, 0.29) is 17.9 Å². The quantitative estimate of drug-likeness (QED) is 0.769. The van der Waals surface area contributed by atoms with Gasteiger partial charge in [0.25, 0.3) is 0 Å². The SMILES string of the molecule is O=C(NCc1ccccn1)C1[C@@H]2C=CC3(CN(Cc4ccccc4Cl)C(=O)[C@H]13)O2. The molecule has 2 fully saturated rings. The predicted molar refractivity (Wildman–Crippen MR) is 107 cm³/mol. The first-order valence-electron chi connectivity index (χ1n) is 9.64. The van der Waals surface area contributed by atoms with Crippen LogP contribution in [0.3, 0.4) is 0 Å². The zero-order valence-corrected chi connectivity index (χ0v) is 16.4. The van der Waals surface area contributed by atoms with Crippen molar-refractivity contribution in [1.82, 2.24) is 15.2 Å². The van der Waals surface area contributed by atoms with Crippen molar-refractivity contribution in [1.29, 1.82) is 0 Å². The van der Waals surface area contributed by atoms with Gasteiger partial charge in [0.2, 0.25) is 11.8 Å². The third kappa shape index (κ3) is 3.03. The molecule has 148 valence electrons. The molecule has 3 aliphatic heterocycles. The van der Waals surface area contributed by atoms with Crippen LogP contribution in [0, 0.1) is 11.8 Å². The summed E-state index contributed by atoms with van der Waals surface area (Å²) in [6.45, 7) is 1.16. The molecule has 2 aromatic rings. The molecule has 4 heterocycles. The van der Waals surface area contributed by atoms with E-state index in [0.29, 0.717) is 24.7 Å². The first-order chi connectivity index (χ1) is 14.1. The highest BCUT2D eigenvalue weighted by Crippen LogP contribution is 2.52. The largest absolute Gasteiger partial charge is 0.360 e. The molecule has 1 N–H and O–H groups in total. The summed E-state index contributed by atoms with van der Waals surface area (Å²) in [6, 6.07) is 13.0. The van der Waals surface area contributed by atoms with E-state index >= 15 is 0 Å². The van der Waals surface area contributed by atoms with Crippen LogP contribution in [0.4, 0.5) is 0 Å². The molecule has 2 saturated heterocycles. The highest BCUT2D eigenvalue weighted by molar-refractivity contribution is 6.31. The van der Waals surface area contributed by atoms with Gasteiger partial charge < -0.3 is 15.0 Å². The second kappa shape index (κ2) is 6.97. The molecule has 1 spiro atoms. The van der Waals surface area contributed by atoms with Crippen molar-refractivity contribution in [3.8, 4) is 0 Å². The fourth-order valence-electron chi connectivity index (χ4n) is 4.64. The van der Waals surface area contributed by atoms with E-state index in [1.165, 1.54) is 0 Å². The van der Waals surface area contributed by atoms with Gasteiger partial charge >= 0.3 is 0 Å². The number of likely N-dealkylation sites (tertiary alicyclic amines) is 1. The molecule has 0 saturated carbocycles. The Bertz CT molecular complexity index is 996. The molecular weight excluding hydrogens is 390 g/mol. The average molecular weight is 410 g/mol. The number of fused-ring (bicyclic) bond motifs is 1. The molecule has 1 aromatic carbocycles. The number of pyridine rings is 1. The van der Waals surface area contributed by atoms with E-state index < -0.39 is 17.4 Å². The summed E-state index contributed by atoms with van der Waals surface area (Å²) in [5.41, 5.74) is 0.928. The van der Waals surface area contributed by atoms with Gasteiger partial charge in [0.05, 0.1) is 36.7 Å². The van der Waals surface area contributed by atoms with Gasteiger partial charge in [-0.05, 0) is 23.8 Å². The summed E-state index contributed by atoms with van der Waals surface area (Å²) < 4.78 is 6.16. The van der Waals surface area contributed by atoms with Crippen LogP contribution in [0.15, 0.2) is 60.8 Å². The van der Waals surface area contributed by atoms with Crippen molar-refractivity contribution < 1.29 is 14.3 Å². The van der Waals surface area contributed by atoms with Crippen LogP contribution in [-0.2, 0) is 27.4 Å². The number of aromatic nitrogens is 1. The lowest BCUT2D eigenvalue weighted by molar-refractivity contribution is -0.137. The smallest absolute Gasteiger partial charge is 0.230 e. The van der Waals surface area contributed by atoms with Gasteiger partial charge in [-0.1, -0.05) is 48.0 Å². The zero-order chi connectivity index (χ0) is 20.0. The van der Waals surface area contributed by atoms with Crippen molar-refractivity contribution in [3.63, 3.8) is 0 Å². The number of carbonyl (C=O) groups is 2. The van der Waals surface area contributed by atoms with E-state index in [9.17, 15) is 9.59 Å². The van der Waals surface area contributed by atoms with Crippen LogP contribution in [0.25, 0.3) is 0 Å². The lowest BCUT2D eigenvalue weighted by atomic mass is 9.77. The Morgan fingerprint density at radius 3 is 2.90 bits per heavy atom. The maximum atomic E-state index is 13.3. The van der Waals surface area contributed by atoms with Crippen molar-refractivity contribution in [3.05, 3.63) is 77.1 Å². The molecule has 6 nitrogen and oxygen atoms in total. The van der Waals surface area contributed by atoms with Gasteiger partial charge in [-0.15, -0.1) is 0 Å². The summed E-state index contributed by atoms with van der Waals surface area (Å²) in [4.78, 5) is 32.2. The second-order valence-electron chi connectivity index (χ2n) is 7.72. The Morgan fingerprint density at radius 1 is 1.28 bits per heavy atom. The zero-order valence-electron chi connectivity index (χ0n) is 15.6. The van der Waals surface area contributed by atoms with Crippen LogP contribution in [0.5, 0.6) is 0 Å². The van der Waals surface area contributed by atoms with Crippen LogP contribution < -0.4 is 5.32 Å². The van der Waals surface area contributed by atoms with Crippen molar-refractivity contribution in [2.75, 3.05) is 6.54 Å². The minimum atomic E-state index is -0.726. The van der Waals surface area contributed by atoms with E-state index in [1.807, 2.05) is 54.6 Å². The number of benzene rings is 1. The van der Waals surface area contributed by atoms with Gasteiger partial charge in [0.15, 0.2) is 0 Å². The van der Waals surface area contributed by atoms with E-state index in [4.69, 9.17) is 16.3 Å². The summed E-state index contributed by atoms with van der Waals surface area (Å²) in [7, 11) is 0. The van der Waals surface area contributed by atoms with Crippen molar-refractivity contribution in [2.24, 2.45) is 11.8 Å². The highest BCUT2D eigenvalue weighted by atomic mass is 35.5. The molecule has 0 aliphatic carbocycles. The number of nitrogens with zero attached hydrogens (tertiary/aromatic N) is 2. The fourth-order valence-corrected chi connectivity index (χ4v) is 4.84. The number of hydrogen-bond acceptors (Lipinski definition) is 4. The Labute approximate surface area is 173 Å².